The molecule has 1 N–H and O–H groups in total. The van der Waals surface area contributed by atoms with Crippen LogP contribution in [-0.4, -0.2) is 42.1 Å². The second kappa shape index (κ2) is 7.62. The van der Waals surface area contributed by atoms with E-state index in [-0.39, 0.29) is 5.91 Å². The van der Waals surface area contributed by atoms with E-state index in [9.17, 15) is 4.79 Å². The zero-order chi connectivity index (χ0) is 16.1. The van der Waals surface area contributed by atoms with E-state index in [0.29, 0.717) is 24.3 Å². The number of aromatic nitrogens is 2. The topological polar surface area (TPSA) is 67.3 Å². The maximum absolute atomic E-state index is 12.1. The molecule has 0 aromatic carbocycles. The maximum atomic E-state index is 12.1. The van der Waals surface area contributed by atoms with Gasteiger partial charge in [0.1, 0.15) is 12.1 Å². The first-order chi connectivity index (χ1) is 11.2. The number of carbonyl (C=O) groups excluding carboxylic acids is 1. The smallest absolute Gasteiger partial charge is 0.220 e. The third-order valence-electron chi connectivity index (χ3n) is 4.97. The minimum Gasteiger partial charge on any atom is -0.481 e. The molecule has 0 radical (unpaired) electrons. The van der Waals surface area contributed by atoms with Crippen molar-refractivity contribution < 1.29 is 9.53 Å². The van der Waals surface area contributed by atoms with E-state index >= 15 is 0 Å². The number of amides is 1. The predicted octanol–water partition coefficient (Wildman–Crippen LogP) is 2.15. The Bertz CT molecular complexity index is 523. The molecule has 1 aromatic rings. The van der Waals surface area contributed by atoms with Crippen LogP contribution in [0.15, 0.2) is 12.4 Å². The predicted molar refractivity (Wildman–Crippen MR) is 88.5 cm³/mol. The summed E-state index contributed by atoms with van der Waals surface area (Å²) in [6.07, 6.45) is 9.08. The quantitative estimate of drug-likeness (QED) is 0.901. The minimum absolute atomic E-state index is 0.235. The first kappa shape index (κ1) is 16.0. The number of ether oxygens (including phenoxy) is 1. The lowest BCUT2D eigenvalue weighted by Crippen LogP contribution is -2.38. The first-order valence-corrected chi connectivity index (χ1v) is 8.65. The minimum atomic E-state index is 0.235. The van der Waals surface area contributed by atoms with E-state index in [1.165, 1.54) is 19.2 Å². The summed E-state index contributed by atoms with van der Waals surface area (Å²) in [5.41, 5.74) is 0. The Morgan fingerprint density at radius 1 is 1.26 bits per heavy atom. The van der Waals surface area contributed by atoms with Gasteiger partial charge in [-0.2, -0.15) is 0 Å². The molecule has 6 nitrogen and oxygen atoms in total. The molecule has 2 heterocycles. The van der Waals surface area contributed by atoms with Crippen LogP contribution in [0.1, 0.15) is 44.9 Å². The maximum Gasteiger partial charge on any atom is 0.220 e. The van der Waals surface area contributed by atoms with Crippen LogP contribution in [0.3, 0.4) is 0 Å². The van der Waals surface area contributed by atoms with Gasteiger partial charge < -0.3 is 15.0 Å². The Morgan fingerprint density at radius 3 is 2.70 bits per heavy atom. The van der Waals surface area contributed by atoms with Crippen LogP contribution < -0.4 is 15.0 Å². The van der Waals surface area contributed by atoms with Crippen molar-refractivity contribution in [2.24, 2.45) is 5.92 Å². The van der Waals surface area contributed by atoms with Gasteiger partial charge in [0.15, 0.2) is 0 Å². The Hall–Kier alpha value is -1.85. The fraction of sp³-hybridized carbons (Fsp3) is 0.706. The van der Waals surface area contributed by atoms with Gasteiger partial charge >= 0.3 is 0 Å². The summed E-state index contributed by atoms with van der Waals surface area (Å²) in [4.78, 5) is 22.7. The Morgan fingerprint density at radius 2 is 2.00 bits per heavy atom. The van der Waals surface area contributed by atoms with Gasteiger partial charge in [0.2, 0.25) is 11.8 Å². The van der Waals surface area contributed by atoms with Crippen LogP contribution in [0.4, 0.5) is 5.82 Å². The van der Waals surface area contributed by atoms with Gasteiger partial charge in [-0.15, -0.1) is 0 Å². The number of rotatable bonds is 5. The Balaban J connectivity index is 1.45. The lowest BCUT2D eigenvalue weighted by molar-refractivity contribution is -0.122. The zero-order valence-electron chi connectivity index (χ0n) is 13.8. The Labute approximate surface area is 137 Å². The molecule has 0 unspecified atom stereocenters. The monoisotopic (exact) mass is 318 g/mol. The van der Waals surface area contributed by atoms with Crippen LogP contribution in [0.5, 0.6) is 5.88 Å². The number of methoxy groups -OCH3 is 1. The van der Waals surface area contributed by atoms with Gasteiger partial charge in [-0.05, 0) is 31.6 Å². The van der Waals surface area contributed by atoms with E-state index in [1.807, 2.05) is 6.07 Å². The molecular formula is C17H26N4O2. The molecule has 1 saturated carbocycles. The van der Waals surface area contributed by atoms with Crippen LogP contribution in [0, 0.1) is 5.92 Å². The molecule has 0 bridgehead atoms. The first-order valence-electron chi connectivity index (χ1n) is 8.65. The fourth-order valence-corrected chi connectivity index (χ4v) is 3.60. The van der Waals surface area contributed by atoms with Crippen molar-refractivity contribution in [2.45, 2.75) is 51.0 Å². The van der Waals surface area contributed by atoms with Crippen molar-refractivity contribution in [3.8, 4) is 5.88 Å². The second-order valence-corrected chi connectivity index (χ2v) is 6.60. The van der Waals surface area contributed by atoms with Crippen LogP contribution >= 0.6 is 0 Å². The highest BCUT2D eigenvalue weighted by atomic mass is 16.5. The van der Waals surface area contributed by atoms with E-state index in [4.69, 9.17) is 4.74 Å². The lowest BCUT2D eigenvalue weighted by atomic mass is 9.93. The highest BCUT2D eigenvalue weighted by Gasteiger charge is 2.24. The molecule has 6 heteroatoms. The van der Waals surface area contributed by atoms with Gasteiger partial charge in [-0.3, -0.25) is 4.79 Å². The molecule has 1 amide bonds. The summed E-state index contributed by atoms with van der Waals surface area (Å²) in [6.45, 7) is 1.86. The summed E-state index contributed by atoms with van der Waals surface area (Å²) < 4.78 is 5.15. The summed E-state index contributed by atoms with van der Waals surface area (Å²) in [7, 11) is 1.61. The zero-order valence-corrected chi connectivity index (χ0v) is 13.8. The third kappa shape index (κ3) is 4.33. The van der Waals surface area contributed by atoms with Crippen molar-refractivity contribution >= 4 is 11.7 Å². The summed E-state index contributed by atoms with van der Waals surface area (Å²) in [6, 6.07) is 2.30. The number of nitrogens with zero attached hydrogens (tertiary/aromatic N) is 3. The molecule has 1 aliphatic heterocycles. The average Bonchev–Trinajstić information content (AvgIpc) is 3.08. The largest absolute Gasteiger partial charge is 0.481 e. The molecule has 1 aromatic heterocycles. The molecule has 23 heavy (non-hydrogen) atoms. The second-order valence-electron chi connectivity index (χ2n) is 6.60. The van der Waals surface area contributed by atoms with Crippen molar-refractivity contribution in [1.29, 1.82) is 0 Å². The molecule has 1 saturated heterocycles. The van der Waals surface area contributed by atoms with E-state index in [0.717, 1.165) is 44.6 Å². The molecule has 2 fully saturated rings. The van der Waals surface area contributed by atoms with Gasteiger partial charge in [-0.1, -0.05) is 12.8 Å². The summed E-state index contributed by atoms with van der Waals surface area (Å²) in [5.74, 6) is 2.22. The normalized spacial score (nSPS) is 19.8. The molecular weight excluding hydrogens is 292 g/mol. The number of hydrogen-bond acceptors (Lipinski definition) is 5. The van der Waals surface area contributed by atoms with E-state index in [2.05, 4.69) is 20.2 Å². The highest BCUT2D eigenvalue weighted by Crippen LogP contribution is 2.25. The van der Waals surface area contributed by atoms with E-state index in [1.54, 1.807) is 7.11 Å². The lowest BCUT2D eigenvalue weighted by Gasteiger charge is -2.32. The van der Waals surface area contributed by atoms with E-state index < -0.39 is 0 Å². The average molecular weight is 318 g/mol. The van der Waals surface area contributed by atoms with Crippen molar-refractivity contribution in [1.82, 2.24) is 15.3 Å². The molecule has 3 rings (SSSR count). The van der Waals surface area contributed by atoms with Gasteiger partial charge in [0.05, 0.1) is 7.11 Å². The molecule has 0 spiro atoms. The fourth-order valence-electron chi connectivity index (χ4n) is 3.60. The number of anilines is 1. The SMILES string of the molecule is COc1cc(N2CCC(CC(=O)NC3CCCC3)CC2)ncn1. The third-order valence-corrected chi connectivity index (χ3v) is 4.97. The van der Waals surface area contributed by atoms with Crippen molar-refractivity contribution in [3.05, 3.63) is 12.4 Å². The molecule has 2 aliphatic rings. The Kier molecular flexibility index (Phi) is 5.31. The number of hydrogen-bond donors (Lipinski definition) is 1. The number of piperidine rings is 1. The summed E-state index contributed by atoms with van der Waals surface area (Å²) >= 11 is 0. The van der Waals surface area contributed by atoms with Crippen molar-refractivity contribution in [3.63, 3.8) is 0 Å². The number of nitrogens with one attached hydrogen (secondary N) is 1. The van der Waals surface area contributed by atoms with Crippen molar-refractivity contribution in [2.75, 3.05) is 25.1 Å². The standard InChI is InChI=1S/C17H26N4O2/c1-23-17-11-15(18-12-19-17)21-8-6-13(7-9-21)10-16(22)20-14-4-2-3-5-14/h11-14H,2-10H2,1H3,(H,20,22). The molecule has 0 atom stereocenters. The van der Waals surface area contributed by atoms with Crippen LogP contribution in [0.25, 0.3) is 0 Å². The molecule has 1 aliphatic carbocycles. The van der Waals surface area contributed by atoms with Crippen LogP contribution in [-0.2, 0) is 4.79 Å². The summed E-state index contributed by atoms with van der Waals surface area (Å²) in [5, 5.41) is 3.19. The van der Waals surface area contributed by atoms with Gasteiger partial charge in [0.25, 0.3) is 0 Å². The van der Waals surface area contributed by atoms with Crippen LogP contribution in [0.2, 0.25) is 0 Å². The highest BCUT2D eigenvalue weighted by molar-refractivity contribution is 5.76. The van der Waals surface area contributed by atoms with Gasteiger partial charge in [-0.25, -0.2) is 9.97 Å². The molecule has 126 valence electrons. The number of carbonyl (C=O) groups is 1. The van der Waals surface area contributed by atoms with Gasteiger partial charge in [0, 0.05) is 31.6 Å².